The topological polar surface area (TPSA) is 24.1 Å². The van der Waals surface area contributed by atoms with E-state index in [2.05, 4.69) is 24.5 Å². The Balaban J connectivity index is 1.81. The molecule has 0 amide bonds. The molecule has 1 aliphatic heterocycles. The molecule has 0 aromatic carbocycles. The Hall–Kier alpha value is -0.0800. The highest BCUT2D eigenvalue weighted by atomic mass is 14.9. The summed E-state index contributed by atoms with van der Waals surface area (Å²) < 4.78 is 0. The Kier molecular flexibility index (Phi) is 3.13. The summed E-state index contributed by atoms with van der Waals surface area (Å²) in [6.07, 6.45) is 5.75. The van der Waals surface area contributed by atoms with E-state index in [1.165, 1.54) is 45.3 Å². The van der Waals surface area contributed by atoms with Crippen molar-refractivity contribution >= 4 is 0 Å². The van der Waals surface area contributed by atoms with Crippen LogP contribution in [-0.2, 0) is 0 Å². The number of piperidine rings is 1. The molecule has 0 bridgehead atoms. The van der Waals surface area contributed by atoms with Gasteiger partial charge in [-0.05, 0) is 50.1 Å². The number of hydrogen-bond donors (Lipinski definition) is 2. The fourth-order valence-electron chi connectivity index (χ4n) is 2.67. The third kappa shape index (κ3) is 2.29. The summed E-state index contributed by atoms with van der Waals surface area (Å²) in [7, 11) is 0. The van der Waals surface area contributed by atoms with Crippen LogP contribution in [0.4, 0.5) is 0 Å². The molecule has 2 N–H and O–H groups in total. The molecule has 2 aliphatic rings. The van der Waals surface area contributed by atoms with Gasteiger partial charge in [0.25, 0.3) is 0 Å². The lowest BCUT2D eigenvalue weighted by Crippen LogP contribution is -2.40. The molecule has 14 heavy (non-hydrogen) atoms. The molecule has 2 heteroatoms. The van der Waals surface area contributed by atoms with Crippen LogP contribution in [0.3, 0.4) is 0 Å². The van der Waals surface area contributed by atoms with Crippen LogP contribution in [0.25, 0.3) is 0 Å². The summed E-state index contributed by atoms with van der Waals surface area (Å²) in [6.45, 7) is 8.24. The molecular weight excluding hydrogens is 172 g/mol. The summed E-state index contributed by atoms with van der Waals surface area (Å²) in [5.41, 5.74) is 0.678. The van der Waals surface area contributed by atoms with E-state index in [4.69, 9.17) is 0 Å². The van der Waals surface area contributed by atoms with E-state index in [0.717, 1.165) is 5.92 Å². The van der Waals surface area contributed by atoms with Crippen molar-refractivity contribution in [2.75, 3.05) is 19.6 Å². The van der Waals surface area contributed by atoms with Crippen LogP contribution < -0.4 is 10.6 Å². The van der Waals surface area contributed by atoms with Crippen molar-refractivity contribution in [3.05, 3.63) is 0 Å². The van der Waals surface area contributed by atoms with Gasteiger partial charge >= 0.3 is 0 Å². The molecule has 2 rings (SSSR count). The fraction of sp³-hybridized carbons (Fsp3) is 1.00. The lowest BCUT2D eigenvalue weighted by Gasteiger charge is -2.31. The SMILES string of the molecule is CC(C)NCC1(C2CCCNC2)CC1. The molecule has 1 aliphatic carbocycles. The highest BCUT2D eigenvalue weighted by molar-refractivity contribution is 5.01. The van der Waals surface area contributed by atoms with Gasteiger partial charge < -0.3 is 10.6 Å². The zero-order valence-electron chi connectivity index (χ0n) is 9.60. The van der Waals surface area contributed by atoms with E-state index in [1.54, 1.807) is 0 Å². The van der Waals surface area contributed by atoms with Crippen LogP contribution in [0.1, 0.15) is 39.5 Å². The molecule has 0 radical (unpaired) electrons. The third-order valence-corrected chi connectivity index (χ3v) is 3.92. The minimum Gasteiger partial charge on any atom is -0.316 e. The number of nitrogens with one attached hydrogen (secondary N) is 2. The molecular formula is C12H24N2. The maximum Gasteiger partial charge on any atom is 0.00133 e. The number of rotatable bonds is 4. The first-order valence-corrected chi connectivity index (χ1v) is 6.17. The molecule has 0 aromatic heterocycles. The Morgan fingerprint density at radius 1 is 1.43 bits per heavy atom. The predicted molar refractivity (Wildman–Crippen MR) is 60.4 cm³/mol. The first-order chi connectivity index (χ1) is 6.73. The van der Waals surface area contributed by atoms with Gasteiger partial charge in [0, 0.05) is 12.6 Å². The van der Waals surface area contributed by atoms with Crippen molar-refractivity contribution in [3.63, 3.8) is 0 Å². The summed E-state index contributed by atoms with van der Waals surface area (Å²) in [5.74, 6) is 0.947. The van der Waals surface area contributed by atoms with Crippen LogP contribution in [0.5, 0.6) is 0 Å². The van der Waals surface area contributed by atoms with Gasteiger partial charge in [-0.25, -0.2) is 0 Å². The van der Waals surface area contributed by atoms with E-state index in [-0.39, 0.29) is 0 Å². The monoisotopic (exact) mass is 196 g/mol. The summed E-state index contributed by atoms with van der Waals surface area (Å²) in [4.78, 5) is 0. The molecule has 0 aromatic rings. The lowest BCUT2D eigenvalue weighted by atomic mass is 9.83. The molecule has 1 heterocycles. The maximum absolute atomic E-state index is 3.62. The second-order valence-electron chi connectivity index (χ2n) is 5.44. The minimum atomic E-state index is 0.643. The van der Waals surface area contributed by atoms with Crippen molar-refractivity contribution in [1.29, 1.82) is 0 Å². The van der Waals surface area contributed by atoms with E-state index < -0.39 is 0 Å². The largest absolute Gasteiger partial charge is 0.316 e. The Labute approximate surface area is 87.8 Å². The second-order valence-corrected chi connectivity index (χ2v) is 5.44. The average molecular weight is 196 g/mol. The molecule has 1 unspecified atom stereocenters. The standard InChI is InChI=1S/C12H24N2/c1-10(2)14-9-12(5-6-12)11-4-3-7-13-8-11/h10-11,13-14H,3-9H2,1-2H3. The van der Waals surface area contributed by atoms with Crippen molar-refractivity contribution in [2.24, 2.45) is 11.3 Å². The zero-order chi connectivity index (χ0) is 10.0. The van der Waals surface area contributed by atoms with Gasteiger partial charge in [0.05, 0.1) is 0 Å². The highest BCUT2D eigenvalue weighted by Gasteiger charge is 2.48. The van der Waals surface area contributed by atoms with Crippen molar-refractivity contribution < 1.29 is 0 Å². The predicted octanol–water partition coefficient (Wildman–Crippen LogP) is 1.76. The number of hydrogen-bond acceptors (Lipinski definition) is 2. The van der Waals surface area contributed by atoms with Crippen molar-refractivity contribution in [2.45, 2.75) is 45.6 Å². The second kappa shape index (κ2) is 4.19. The lowest BCUT2D eigenvalue weighted by molar-refractivity contribution is 0.231. The smallest absolute Gasteiger partial charge is 0.00133 e. The fourth-order valence-corrected chi connectivity index (χ4v) is 2.67. The van der Waals surface area contributed by atoms with Crippen LogP contribution in [0.15, 0.2) is 0 Å². The van der Waals surface area contributed by atoms with E-state index in [9.17, 15) is 0 Å². The Morgan fingerprint density at radius 3 is 2.71 bits per heavy atom. The minimum absolute atomic E-state index is 0.643. The molecule has 1 saturated carbocycles. The molecule has 0 spiro atoms. The van der Waals surface area contributed by atoms with Gasteiger partial charge in [-0.15, -0.1) is 0 Å². The molecule has 82 valence electrons. The van der Waals surface area contributed by atoms with Crippen molar-refractivity contribution in [1.82, 2.24) is 10.6 Å². The third-order valence-electron chi connectivity index (χ3n) is 3.92. The molecule has 2 fully saturated rings. The van der Waals surface area contributed by atoms with Crippen LogP contribution in [0, 0.1) is 11.3 Å². The quantitative estimate of drug-likeness (QED) is 0.716. The Morgan fingerprint density at radius 2 is 2.21 bits per heavy atom. The Bertz CT molecular complexity index is 179. The van der Waals surface area contributed by atoms with Gasteiger partial charge in [0.15, 0.2) is 0 Å². The molecule has 1 atom stereocenters. The van der Waals surface area contributed by atoms with Crippen LogP contribution in [0.2, 0.25) is 0 Å². The summed E-state index contributed by atoms with van der Waals surface area (Å²) >= 11 is 0. The van der Waals surface area contributed by atoms with Gasteiger partial charge in [-0.2, -0.15) is 0 Å². The normalized spacial score (nSPS) is 30.6. The maximum atomic E-state index is 3.62. The molecule has 2 nitrogen and oxygen atoms in total. The van der Waals surface area contributed by atoms with E-state index in [1.807, 2.05) is 0 Å². The first-order valence-electron chi connectivity index (χ1n) is 6.17. The van der Waals surface area contributed by atoms with E-state index in [0.29, 0.717) is 11.5 Å². The van der Waals surface area contributed by atoms with Crippen LogP contribution >= 0.6 is 0 Å². The van der Waals surface area contributed by atoms with Gasteiger partial charge in [-0.1, -0.05) is 13.8 Å². The van der Waals surface area contributed by atoms with Gasteiger partial charge in [0.2, 0.25) is 0 Å². The molecule has 1 saturated heterocycles. The average Bonchev–Trinajstić information content (AvgIpc) is 2.97. The zero-order valence-corrected chi connectivity index (χ0v) is 9.60. The van der Waals surface area contributed by atoms with Gasteiger partial charge in [-0.3, -0.25) is 0 Å². The summed E-state index contributed by atoms with van der Waals surface area (Å²) in [6, 6.07) is 0.643. The van der Waals surface area contributed by atoms with Gasteiger partial charge in [0.1, 0.15) is 0 Å². The first kappa shape index (κ1) is 10.4. The van der Waals surface area contributed by atoms with Crippen molar-refractivity contribution in [3.8, 4) is 0 Å². The van der Waals surface area contributed by atoms with E-state index >= 15 is 0 Å². The van der Waals surface area contributed by atoms with Crippen LogP contribution in [-0.4, -0.2) is 25.7 Å². The highest BCUT2D eigenvalue weighted by Crippen LogP contribution is 2.53. The summed E-state index contributed by atoms with van der Waals surface area (Å²) in [5, 5.41) is 7.16.